The minimum atomic E-state index is 0. The van der Waals surface area contributed by atoms with E-state index in [1.807, 2.05) is 0 Å². The van der Waals surface area contributed by atoms with Gasteiger partial charge in [0.2, 0.25) is 0 Å². The molecule has 0 N–H and O–H groups in total. The standard InChI is InChI=1S/C23H26N2O.2ClH/c1-2-6-20(7-3-1)19-25-14-12-24(13-15-25)16-17-26-23-11-10-21-8-4-5-9-22(21)18-23;;/h1-11,18H,12-17,19H2;2*1H. The van der Waals surface area contributed by atoms with Crippen molar-refractivity contribution in [1.82, 2.24) is 9.80 Å². The normalized spacial score (nSPS) is 14.9. The van der Waals surface area contributed by atoms with Crippen LogP contribution in [0.1, 0.15) is 5.56 Å². The molecule has 28 heavy (non-hydrogen) atoms. The Morgan fingerprint density at radius 1 is 0.679 bits per heavy atom. The van der Waals surface area contributed by atoms with Gasteiger partial charge in [-0.2, -0.15) is 0 Å². The first-order valence-electron chi connectivity index (χ1n) is 9.47. The topological polar surface area (TPSA) is 15.7 Å². The fourth-order valence-electron chi connectivity index (χ4n) is 3.56. The van der Waals surface area contributed by atoms with E-state index in [1.165, 1.54) is 16.3 Å². The Hall–Kier alpha value is -1.78. The van der Waals surface area contributed by atoms with Crippen molar-refractivity contribution in [1.29, 1.82) is 0 Å². The molecule has 1 saturated heterocycles. The van der Waals surface area contributed by atoms with Gasteiger partial charge >= 0.3 is 0 Å². The molecular weight excluding hydrogens is 391 g/mol. The van der Waals surface area contributed by atoms with Crippen LogP contribution in [0.2, 0.25) is 0 Å². The van der Waals surface area contributed by atoms with E-state index in [4.69, 9.17) is 4.74 Å². The van der Waals surface area contributed by atoms with E-state index in [0.717, 1.165) is 51.6 Å². The lowest BCUT2D eigenvalue weighted by Gasteiger charge is -2.34. The van der Waals surface area contributed by atoms with Gasteiger partial charge in [-0.3, -0.25) is 9.80 Å². The maximum absolute atomic E-state index is 5.98. The van der Waals surface area contributed by atoms with Gasteiger partial charge in [-0.1, -0.05) is 60.7 Å². The highest BCUT2D eigenvalue weighted by Crippen LogP contribution is 2.20. The number of hydrogen-bond donors (Lipinski definition) is 0. The Kier molecular flexibility index (Phi) is 9.07. The van der Waals surface area contributed by atoms with Crippen molar-refractivity contribution in [3.63, 3.8) is 0 Å². The largest absolute Gasteiger partial charge is 0.492 e. The number of rotatable bonds is 6. The third kappa shape index (κ3) is 6.11. The molecule has 0 aromatic heterocycles. The number of nitrogens with zero attached hydrogens (tertiary/aromatic N) is 2. The summed E-state index contributed by atoms with van der Waals surface area (Å²) in [5, 5.41) is 2.49. The zero-order valence-electron chi connectivity index (χ0n) is 16.0. The van der Waals surface area contributed by atoms with Crippen molar-refractivity contribution in [3.8, 4) is 5.75 Å². The van der Waals surface area contributed by atoms with Crippen molar-refractivity contribution >= 4 is 35.6 Å². The first-order chi connectivity index (χ1) is 12.9. The molecule has 1 heterocycles. The van der Waals surface area contributed by atoms with Gasteiger partial charge in [-0.25, -0.2) is 0 Å². The predicted octanol–water partition coefficient (Wildman–Crippen LogP) is 4.88. The Morgan fingerprint density at radius 2 is 1.32 bits per heavy atom. The molecule has 1 fully saturated rings. The van der Waals surface area contributed by atoms with Crippen molar-refractivity contribution in [3.05, 3.63) is 78.4 Å². The minimum absolute atomic E-state index is 0. The van der Waals surface area contributed by atoms with Gasteiger partial charge in [-0.05, 0) is 28.5 Å². The van der Waals surface area contributed by atoms with Gasteiger partial charge in [0.05, 0.1) is 0 Å². The van der Waals surface area contributed by atoms with Crippen LogP contribution < -0.4 is 4.74 Å². The first kappa shape index (κ1) is 22.5. The molecule has 0 unspecified atom stereocenters. The summed E-state index contributed by atoms with van der Waals surface area (Å²) in [4.78, 5) is 5.04. The summed E-state index contributed by atoms with van der Waals surface area (Å²) in [6.07, 6.45) is 0. The van der Waals surface area contributed by atoms with Gasteiger partial charge in [0, 0.05) is 39.3 Å². The molecule has 3 aromatic rings. The molecule has 0 saturated carbocycles. The van der Waals surface area contributed by atoms with Gasteiger partial charge < -0.3 is 4.74 Å². The number of benzene rings is 3. The fraction of sp³-hybridized carbons (Fsp3) is 0.304. The maximum atomic E-state index is 5.98. The number of fused-ring (bicyclic) bond motifs is 1. The highest BCUT2D eigenvalue weighted by molar-refractivity contribution is 5.85. The molecular formula is C23H28Cl2N2O. The van der Waals surface area contributed by atoms with E-state index in [9.17, 15) is 0 Å². The summed E-state index contributed by atoms with van der Waals surface area (Å²) in [5.74, 6) is 0.964. The van der Waals surface area contributed by atoms with Gasteiger partial charge in [0.1, 0.15) is 12.4 Å². The first-order valence-corrected chi connectivity index (χ1v) is 9.47. The highest BCUT2D eigenvalue weighted by atomic mass is 35.5. The molecule has 0 amide bonds. The summed E-state index contributed by atoms with van der Waals surface area (Å²) < 4.78 is 5.98. The molecule has 3 nitrogen and oxygen atoms in total. The van der Waals surface area contributed by atoms with Crippen molar-refractivity contribution < 1.29 is 4.74 Å². The third-order valence-corrected chi connectivity index (χ3v) is 5.11. The van der Waals surface area contributed by atoms with Crippen molar-refractivity contribution in [2.45, 2.75) is 6.54 Å². The van der Waals surface area contributed by atoms with Gasteiger partial charge in [-0.15, -0.1) is 24.8 Å². The average molecular weight is 419 g/mol. The second-order valence-electron chi connectivity index (χ2n) is 6.96. The van der Waals surface area contributed by atoms with Crippen LogP contribution in [0, 0.1) is 0 Å². The fourth-order valence-corrected chi connectivity index (χ4v) is 3.56. The Bertz CT molecular complexity index is 836. The SMILES string of the molecule is Cl.Cl.c1ccc(CN2CCN(CCOc3ccc4ccccc4c3)CC2)cc1. The smallest absolute Gasteiger partial charge is 0.120 e. The number of hydrogen-bond acceptors (Lipinski definition) is 3. The molecule has 0 atom stereocenters. The molecule has 3 aromatic carbocycles. The zero-order chi connectivity index (χ0) is 17.6. The van der Waals surface area contributed by atoms with E-state index in [1.54, 1.807) is 0 Å². The van der Waals surface area contributed by atoms with E-state index >= 15 is 0 Å². The molecule has 0 aliphatic carbocycles. The maximum Gasteiger partial charge on any atom is 0.120 e. The average Bonchev–Trinajstić information content (AvgIpc) is 2.70. The van der Waals surface area contributed by atoms with Crippen LogP contribution in [-0.2, 0) is 6.54 Å². The third-order valence-electron chi connectivity index (χ3n) is 5.11. The predicted molar refractivity (Wildman–Crippen MR) is 122 cm³/mol. The second-order valence-corrected chi connectivity index (χ2v) is 6.96. The van der Waals surface area contributed by atoms with Crippen LogP contribution >= 0.6 is 24.8 Å². The number of halogens is 2. The summed E-state index contributed by atoms with van der Waals surface area (Å²) in [6.45, 7) is 7.29. The molecule has 0 spiro atoms. The number of ether oxygens (including phenoxy) is 1. The summed E-state index contributed by atoms with van der Waals surface area (Å²) in [7, 11) is 0. The van der Waals surface area contributed by atoms with Crippen LogP contribution in [0.3, 0.4) is 0 Å². The lowest BCUT2D eigenvalue weighted by molar-refractivity contribution is 0.112. The van der Waals surface area contributed by atoms with Crippen molar-refractivity contribution in [2.24, 2.45) is 0 Å². The van der Waals surface area contributed by atoms with Crippen LogP contribution in [0.4, 0.5) is 0 Å². The van der Waals surface area contributed by atoms with E-state index in [-0.39, 0.29) is 24.8 Å². The lowest BCUT2D eigenvalue weighted by atomic mass is 10.1. The van der Waals surface area contributed by atoms with Crippen LogP contribution in [0.25, 0.3) is 10.8 Å². The van der Waals surface area contributed by atoms with Crippen molar-refractivity contribution in [2.75, 3.05) is 39.3 Å². The molecule has 150 valence electrons. The minimum Gasteiger partial charge on any atom is -0.492 e. The molecule has 1 aliphatic heterocycles. The summed E-state index contributed by atoms with van der Waals surface area (Å²) >= 11 is 0. The molecule has 0 bridgehead atoms. The van der Waals surface area contributed by atoms with E-state index in [2.05, 4.69) is 82.6 Å². The van der Waals surface area contributed by atoms with E-state index in [0.29, 0.717) is 0 Å². The summed E-state index contributed by atoms with van der Waals surface area (Å²) in [5.41, 5.74) is 1.40. The zero-order valence-corrected chi connectivity index (χ0v) is 17.6. The molecule has 0 radical (unpaired) electrons. The van der Waals surface area contributed by atoms with Crippen LogP contribution in [-0.4, -0.2) is 49.1 Å². The van der Waals surface area contributed by atoms with Gasteiger partial charge in [0.25, 0.3) is 0 Å². The highest BCUT2D eigenvalue weighted by Gasteiger charge is 2.16. The Labute approximate surface area is 180 Å². The van der Waals surface area contributed by atoms with E-state index < -0.39 is 0 Å². The molecule has 5 heteroatoms. The molecule has 1 aliphatic rings. The van der Waals surface area contributed by atoms with Gasteiger partial charge in [0.15, 0.2) is 0 Å². The van der Waals surface area contributed by atoms with Crippen LogP contribution in [0.5, 0.6) is 5.75 Å². The molecule has 4 rings (SSSR count). The number of piperazine rings is 1. The summed E-state index contributed by atoms with van der Waals surface area (Å²) in [6, 6.07) is 25.5. The lowest BCUT2D eigenvalue weighted by Crippen LogP contribution is -2.47. The second kappa shape index (κ2) is 11.3. The van der Waals surface area contributed by atoms with Crippen LogP contribution in [0.15, 0.2) is 72.8 Å². The Morgan fingerprint density at radius 3 is 2.07 bits per heavy atom. The quantitative estimate of drug-likeness (QED) is 0.567. The monoisotopic (exact) mass is 418 g/mol. The Balaban J connectivity index is 0.00000140.